The van der Waals surface area contributed by atoms with Crippen molar-refractivity contribution in [1.82, 2.24) is 4.98 Å². The number of carboxylic acid groups (broad SMARTS) is 1. The summed E-state index contributed by atoms with van der Waals surface area (Å²) < 4.78 is 0. The lowest BCUT2D eigenvalue weighted by Gasteiger charge is -2.12. The Labute approximate surface area is 154 Å². The highest BCUT2D eigenvalue weighted by Gasteiger charge is 2.27. The summed E-state index contributed by atoms with van der Waals surface area (Å²) in [4.78, 5) is 27.4. The number of aromatic amines is 1. The Balaban J connectivity index is 1.96. The number of ketones is 1. The summed E-state index contributed by atoms with van der Waals surface area (Å²) >= 11 is 12.1. The Hall–Kier alpha value is -2.30. The van der Waals surface area contributed by atoms with Crippen LogP contribution in [0.25, 0.3) is 10.9 Å². The van der Waals surface area contributed by atoms with Crippen molar-refractivity contribution in [1.29, 1.82) is 0 Å². The first kappa shape index (κ1) is 17.5. The van der Waals surface area contributed by atoms with Gasteiger partial charge in [-0.25, -0.2) is 0 Å². The van der Waals surface area contributed by atoms with Crippen molar-refractivity contribution in [3.8, 4) is 0 Å². The molecule has 6 heteroatoms. The minimum absolute atomic E-state index is 0.173. The number of H-pyrrole nitrogens is 1. The number of benzene rings is 2. The van der Waals surface area contributed by atoms with Crippen molar-refractivity contribution in [3.05, 3.63) is 69.3 Å². The van der Waals surface area contributed by atoms with E-state index < -0.39 is 11.9 Å². The van der Waals surface area contributed by atoms with Gasteiger partial charge >= 0.3 is 5.97 Å². The van der Waals surface area contributed by atoms with Crippen LogP contribution in [-0.2, 0) is 4.79 Å². The van der Waals surface area contributed by atoms with E-state index in [2.05, 4.69) is 4.98 Å². The van der Waals surface area contributed by atoms with Gasteiger partial charge in [-0.15, -0.1) is 0 Å². The van der Waals surface area contributed by atoms with Crippen LogP contribution in [0.15, 0.2) is 42.6 Å². The number of carbonyl (C=O) groups excluding carboxylic acids is 1. The van der Waals surface area contributed by atoms with Crippen molar-refractivity contribution in [2.45, 2.75) is 19.3 Å². The molecule has 1 aromatic heterocycles. The molecule has 2 aromatic carbocycles. The molecule has 0 aliphatic rings. The molecule has 0 bridgehead atoms. The highest BCUT2D eigenvalue weighted by molar-refractivity contribution is 6.34. The Morgan fingerprint density at radius 3 is 2.60 bits per heavy atom. The fraction of sp³-hybridized carbons (Fsp3) is 0.158. The number of aromatic nitrogens is 1. The number of nitrogens with one attached hydrogen (secondary N) is 1. The van der Waals surface area contributed by atoms with Gasteiger partial charge in [-0.3, -0.25) is 9.59 Å². The van der Waals surface area contributed by atoms with Crippen LogP contribution in [0.3, 0.4) is 0 Å². The molecule has 1 unspecified atom stereocenters. The van der Waals surface area contributed by atoms with Gasteiger partial charge < -0.3 is 10.1 Å². The number of carboxylic acids is 1. The molecule has 3 aromatic rings. The van der Waals surface area contributed by atoms with E-state index in [1.54, 1.807) is 42.6 Å². The maximum absolute atomic E-state index is 12.6. The van der Waals surface area contributed by atoms with E-state index in [1.807, 2.05) is 6.92 Å². The third-order valence-corrected chi connectivity index (χ3v) is 4.71. The molecule has 0 spiro atoms. The normalized spacial score (nSPS) is 12.3. The molecule has 1 atom stereocenters. The van der Waals surface area contributed by atoms with E-state index in [0.717, 1.165) is 16.5 Å². The molecule has 0 saturated carbocycles. The van der Waals surface area contributed by atoms with Gasteiger partial charge in [0, 0.05) is 34.1 Å². The lowest BCUT2D eigenvalue weighted by Crippen LogP contribution is -2.16. The second-order valence-electron chi connectivity index (χ2n) is 5.94. The van der Waals surface area contributed by atoms with E-state index in [1.165, 1.54) is 0 Å². The van der Waals surface area contributed by atoms with Crippen LogP contribution in [0.2, 0.25) is 10.0 Å². The van der Waals surface area contributed by atoms with Gasteiger partial charge in [0.05, 0.1) is 10.9 Å². The Morgan fingerprint density at radius 2 is 1.92 bits per heavy atom. The molecule has 1 heterocycles. The summed E-state index contributed by atoms with van der Waals surface area (Å²) in [7, 11) is 0. The summed E-state index contributed by atoms with van der Waals surface area (Å²) in [6.45, 7) is 1.87. The number of aryl methyl sites for hydroxylation is 1. The van der Waals surface area contributed by atoms with Crippen molar-refractivity contribution in [3.63, 3.8) is 0 Å². The molecule has 2 N–H and O–H groups in total. The molecule has 0 radical (unpaired) electrons. The number of Topliss-reactive ketones (excluding diaryl/α,β-unsaturated/α-hetero) is 1. The van der Waals surface area contributed by atoms with Crippen LogP contribution >= 0.6 is 23.2 Å². The summed E-state index contributed by atoms with van der Waals surface area (Å²) in [6.07, 6.45) is 1.44. The van der Waals surface area contributed by atoms with Crippen LogP contribution in [0.1, 0.15) is 33.8 Å². The largest absolute Gasteiger partial charge is 0.481 e. The van der Waals surface area contributed by atoms with Crippen molar-refractivity contribution in [2.75, 3.05) is 0 Å². The monoisotopic (exact) mass is 375 g/mol. The maximum atomic E-state index is 12.6. The van der Waals surface area contributed by atoms with Crippen LogP contribution < -0.4 is 0 Å². The Bertz CT molecular complexity index is 978. The van der Waals surface area contributed by atoms with Gasteiger partial charge in [0.2, 0.25) is 0 Å². The fourth-order valence-corrected chi connectivity index (χ4v) is 3.39. The number of fused-ring (bicyclic) bond motifs is 1. The molecule has 0 fully saturated rings. The molecule has 0 aliphatic carbocycles. The quantitative estimate of drug-likeness (QED) is 0.600. The van der Waals surface area contributed by atoms with E-state index in [4.69, 9.17) is 23.2 Å². The molecular weight excluding hydrogens is 361 g/mol. The topological polar surface area (TPSA) is 70.2 Å². The van der Waals surface area contributed by atoms with E-state index in [-0.39, 0.29) is 12.2 Å². The van der Waals surface area contributed by atoms with Crippen molar-refractivity contribution < 1.29 is 14.7 Å². The third kappa shape index (κ3) is 3.55. The summed E-state index contributed by atoms with van der Waals surface area (Å²) in [5, 5.41) is 11.3. The van der Waals surface area contributed by atoms with Crippen LogP contribution in [0.5, 0.6) is 0 Å². The number of hydrogen-bond acceptors (Lipinski definition) is 2. The van der Waals surface area contributed by atoms with Gasteiger partial charge in [0.25, 0.3) is 0 Å². The molecule has 4 nitrogen and oxygen atoms in total. The summed E-state index contributed by atoms with van der Waals surface area (Å²) in [5.41, 5.74) is 2.55. The zero-order valence-corrected chi connectivity index (χ0v) is 14.9. The average molecular weight is 376 g/mol. The lowest BCUT2D eigenvalue weighted by atomic mass is 9.91. The van der Waals surface area contributed by atoms with Crippen LogP contribution in [0, 0.1) is 6.92 Å². The highest BCUT2D eigenvalue weighted by Crippen LogP contribution is 2.31. The molecule has 0 saturated heterocycles. The summed E-state index contributed by atoms with van der Waals surface area (Å²) in [5.74, 6) is -2.34. The van der Waals surface area contributed by atoms with Gasteiger partial charge in [-0.05, 0) is 42.3 Å². The first-order valence-electron chi connectivity index (χ1n) is 7.65. The Morgan fingerprint density at radius 1 is 1.16 bits per heavy atom. The molecule has 0 amide bonds. The second-order valence-corrected chi connectivity index (χ2v) is 6.78. The first-order chi connectivity index (χ1) is 11.9. The molecule has 3 rings (SSSR count). The molecule has 25 heavy (non-hydrogen) atoms. The number of carbonyl (C=O) groups is 2. The average Bonchev–Trinajstić information content (AvgIpc) is 2.94. The minimum atomic E-state index is -1.06. The standard InChI is InChI=1S/C19H15Cl2NO3/c1-10-2-4-13(16(21)6-10)18(23)8-14(19(24)25)15-9-22-17-7-11(20)3-5-12(15)17/h2-7,9,14,22H,8H2,1H3,(H,24,25). The first-order valence-corrected chi connectivity index (χ1v) is 8.41. The van der Waals surface area contributed by atoms with E-state index >= 15 is 0 Å². The van der Waals surface area contributed by atoms with Crippen molar-refractivity contribution in [2.24, 2.45) is 0 Å². The molecule has 0 aliphatic heterocycles. The smallest absolute Gasteiger partial charge is 0.311 e. The van der Waals surface area contributed by atoms with Crippen LogP contribution in [-0.4, -0.2) is 21.8 Å². The lowest BCUT2D eigenvalue weighted by molar-refractivity contribution is -0.138. The number of rotatable bonds is 5. The second kappa shape index (κ2) is 6.90. The van der Waals surface area contributed by atoms with Gasteiger partial charge in [-0.1, -0.05) is 35.3 Å². The van der Waals surface area contributed by atoms with Crippen molar-refractivity contribution >= 4 is 45.9 Å². The zero-order chi connectivity index (χ0) is 18.1. The number of hydrogen-bond donors (Lipinski definition) is 2. The zero-order valence-electron chi connectivity index (χ0n) is 13.3. The predicted octanol–water partition coefficient (Wildman–Crippen LogP) is 5.22. The summed E-state index contributed by atoms with van der Waals surface area (Å²) in [6, 6.07) is 10.3. The Kier molecular flexibility index (Phi) is 4.84. The highest BCUT2D eigenvalue weighted by atomic mass is 35.5. The van der Waals surface area contributed by atoms with E-state index in [0.29, 0.717) is 21.2 Å². The van der Waals surface area contributed by atoms with Gasteiger partial charge in [0.15, 0.2) is 5.78 Å². The van der Waals surface area contributed by atoms with E-state index in [9.17, 15) is 14.7 Å². The number of aliphatic carboxylic acids is 1. The van der Waals surface area contributed by atoms with Gasteiger partial charge in [-0.2, -0.15) is 0 Å². The fourth-order valence-electron chi connectivity index (χ4n) is 2.88. The molecular formula is C19H15Cl2NO3. The van der Waals surface area contributed by atoms with Crippen LogP contribution in [0.4, 0.5) is 0 Å². The number of halogens is 2. The SMILES string of the molecule is Cc1ccc(C(=O)CC(C(=O)O)c2c[nH]c3cc(Cl)ccc23)c(Cl)c1. The molecule has 128 valence electrons. The maximum Gasteiger partial charge on any atom is 0.311 e. The predicted molar refractivity (Wildman–Crippen MR) is 98.8 cm³/mol. The van der Waals surface area contributed by atoms with Gasteiger partial charge in [0.1, 0.15) is 0 Å². The minimum Gasteiger partial charge on any atom is -0.481 e. The third-order valence-electron chi connectivity index (χ3n) is 4.16.